The van der Waals surface area contributed by atoms with E-state index in [1.54, 1.807) is 11.8 Å². The Morgan fingerprint density at radius 3 is 2.71 bits per heavy atom. The SMILES string of the molecule is C#CCSc1ccc(N(C)C)n1CC. The molecule has 76 valence electrons. The molecule has 0 aliphatic heterocycles. The maximum absolute atomic E-state index is 5.24. The molecular weight excluding hydrogens is 192 g/mol. The second kappa shape index (κ2) is 5.02. The predicted molar refractivity (Wildman–Crippen MR) is 64.0 cm³/mol. The first kappa shape index (κ1) is 11.1. The molecule has 0 fully saturated rings. The van der Waals surface area contributed by atoms with E-state index in [-0.39, 0.29) is 0 Å². The number of terminal acetylenes is 1. The van der Waals surface area contributed by atoms with Crippen LogP contribution in [0.1, 0.15) is 6.92 Å². The molecule has 0 aromatic carbocycles. The molecule has 0 aliphatic rings. The number of aromatic nitrogens is 1. The summed E-state index contributed by atoms with van der Waals surface area (Å²) < 4.78 is 2.27. The molecule has 0 N–H and O–H groups in total. The fraction of sp³-hybridized carbons (Fsp3) is 0.455. The van der Waals surface area contributed by atoms with Crippen molar-refractivity contribution in [3.05, 3.63) is 12.1 Å². The Bertz CT molecular complexity index is 334. The third kappa shape index (κ3) is 2.27. The third-order valence-electron chi connectivity index (χ3n) is 2.00. The van der Waals surface area contributed by atoms with Crippen LogP contribution in [0.5, 0.6) is 0 Å². The summed E-state index contributed by atoms with van der Waals surface area (Å²) in [5.41, 5.74) is 0. The number of thioether (sulfide) groups is 1. The van der Waals surface area contributed by atoms with Crippen molar-refractivity contribution in [1.82, 2.24) is 4.57 Å². The van der Waals surface area contributed by atoms with Gasteiger partial charge in [0, 0.05) is 20.6 Å². The molecule has 0 amide bonds. The molecule has 1 rings (SSSR count). The van der Waals surface area contributed by atoms with Gasteiger partial charge in [-0.05, 0) is 19.1 Å². The van der Waals surface area contributed by atoms with Gasteiger partial charge < -0.3 is 9.47 Å². The largest absolute Gasteiger partial charge is 0.364 e. The Balaban J connectivity index is 2.90. The van der Waals surface area contributed by atoms with E-state index in [0.29, 0.717) is 0 Å². The van der Waals surface area contributed by atoms with Crippen molar-refractivity contribution in [3.63, 3.8) is 0 Å². The molecule has 3 heteroatoms. The van der Waals surface area contributed by atoms with Crippen molar-refractivity contribution in [2.75, 3.05) is 24.7 Å². The molecule has 0 saturated carbocycles. The third-order valence-corrected chi connectivity index (χ3v) is 2.96. The van der Waals surface area contributed by atoms with Gasteiger partial charge in [0.1, 0.15) is 5.82 Å². The van der Waals surface area contributed by atoms with Crippen LogP contribution < -0.4 is 4.90 Å². The Labute approximate surface area is 90.3 Å². The molecule has 0 atom stereocenters. The van der Waals surface area contributed by atoms with E-state index in [1.165, 1.54) is 10.8 Å². The molecule has 0 radical (unpaired) electrons. The summed E-state index contributed by atoms with van der Waals surface area (Å²) in [6, 6.07) is 4.25. The normalized spacial score (nSPS) is 9.86. The fourth-order valence-electron chi connectivity index (χ4n) is 1.39. The fourth-order valence-corrected chi connectivity index (χ4v) is 2.16. The molecule has 14 heavy (non-hydrogen) atoms. The number of hydrogen-bond donors (Lipinski definition) is 0. The van der Waals surface area contributed by atoms with E-state index >= 15 is 0 Å². The Kier molecular flexibility index (Phi) is 3.97. The summed E-state index contributed by atoms with van der Waals surface area (Å²) in [6.07, 6.45) is 5.24. The minimum Gasteiger partial charge on any atom is -0.364 e. The van der Waals surface area contributed by atoms with Crippen LogP contribution in [0.4, 0.5) is 5.82 Å². The van der Waals surface area contributed by atoms with Gasteiger partial charge >= 0.3 is 0 Å². The van der Waals surface area contributed by atoms with E-state index in [1.807, 2.05) is 0 Å². The zero-order chi connectivity index (χ0) is 10.6. The summed E-state index contributed by atoms with van der Waals surface area (Å²) in [7, 11) is 4.11. The van der Waals surface area contributed by atoms with E-state index in [9.17, 15) is 0 Å². The van der Waals surface area contributed by atoms with Crippen LogP contribution in [0, 0.1) is 12.3 Å². The zero-order valence-corrected chi connectivity index (χ0v) is 9.77. The minimum absolute atomic E-state index is 0.733. The standard InChI is InChI=1S/C11H16N2S/c1-5-9-14-11-8-7-10(12(3)4)13(11)6-2/h1,7-8H,6,9H2,2-4H3. The number of hydrogen-bond acceptors (Lipinski definition) is 2. The first-order chi connectivity index (χ1) is 6.70. The average molecular weight is 208 g/mol. The van der Waals surface area contributed by atoms with Gasteiger partial charge in [-0.3, -0.25) is 0 Å². The van der Waals surface area contributed by atoms with Gasteiger partial charge in [0.05, 0.1) is 10.8 Å². The van der Waals surface area contributed by atoms with Crippen molar-refractivity contribution in [1.29, 1.82) is 0 Å². The van der Waals surface area contributed by atoms with E-state index in [4.69, 9.17) is 6.42 Å². The summed E-state index contributed by atoms with van der Waals surface area (Å²) >= 11 is 1.71. The lowest BCUT2D eigenvalue weighted by molar-refractivity contribution is 0.696. The van der Waals surface area contributed by atoms with Gasteiger partial charge in [0.2, 0.25) is 0 Å². The van der Waals surface area contributed by atoms with Crippen LogP contribution in [0.25, 0.3) is 0 Å². The molecule has 0 bridgehead atoms. The molecule has 1 heterocycles. The molecule has 2 nitrogen and oxygen atoms in total. The number of anilines is 1. The first-order valence-electron chi connectivity index (χ1n) is 4.63. The topological polar surface area (TPSA) is 8.17 Å². The molecule has 0 aliphatic carbocycles. The lowest BCUT2D eigenvalue weighted by Gasteiger charge is -2.16. The molecule has 1 aromatic heterocycles. The van der Waals surface area contributed by atoms with Gasteiger partial charge in [-0.2, -0.15) is 0 Å². The van der Waals surface area contributed by atoms with Gasteiger partial charge in [0.25, 0.3) is 0 Å². The van der Waals surface area contributed by atoms with Crippen molar-refractivity contribution in [2.24, 2.45) is 0 Å². The number of nitrogens with zero attached hydrogens (tertiary/aromatic N) is 2. The molecule has 0 spiro atoms. The molecule has 0 unspecified atom stereocenters. The van der Waals surface area contributed by atoms with Crippen molar-refractivity contribution >= 4 is 17.6 Å². The zero-order valence-electron chi connectivity index (χ0n) is 8.95. The summed E-state index contributed by atoms with van der Waals surface area (Å²) in [5.74, 6) is 4.60. The highest BCUT2D eigenvalue weighted by Crippen LogP contribution is 2.25. The molecule has 0 saturated heterocycles. The van der Waals surface area contributed by atoms with Gasteiger partial charge in [-0.15, -0.1) is 6.42 Å². The Hall–Kier alpha value is -1.01. The molecule has 1 aromatic rings. The number of rotatable bonds is 4. The second-order valence-electron chi connectivity index (χ2n) is 3.16. The summed E-state index contributed by atoms with van der Waals surface area (Å²) in [4.78, 5) is 2.11. The second-order valence-corrected chi connectivity index (χ2v) is 4.16. The van der Waals surface area contributed by atoms with E-state index in [0.717, 1.165) is 12.3 Å². The van der Waals surface area contributed by atoms with Crippen LogP contribution >= 0.6 is 11.8 Å². The summed E-state index contributed by atoms with van der Waals surface area (Å²) in [6.45, 7) is 3.13. The quantitative estimate of drug-likeness (QED) is 0.554. The first-order valence-corrected chi connectivity index (χ1v) is 5.62. The van der Waals surface area contributed by atoms with Crippen LogP contribution in [0.15, 0.2) is 17.2 Å². The average Bonchev–Trinajstić information content (AvgIpc) is 2.57. The Morgan fingerprint density at radius 1 is 1.50 bits per heavy atom. The van der Waals surface area contributed by atoms with Crippen molar-refractivity contribution < 1.29 is 0 Å². The maximum atomic E-state index is 5.24. The highest BCUT2D eigenvalue weighted by atomic mass is 32.2. The lowest BCUT2D eigenvalue weighted by atomic mass is 10.6. The minimum atomic E-state index is 0.733. The maximum Gasteiger partial charge on any atom is 0.108 e. The van der Waals surface area contributed by atoms with Gasteiger partial charge in [-0.1, -0.05) is 17.7 Å². The van der Waals surface area contributed by atoms with Gasteiger partial charge in [0.15, 0.2) is 0 Å². The van der Waals surface area contributed by atoms with Crippen molar-refractivity contribution in [3.8, 4) is 12.3 Å². The van der Waals surface area contributed by atoms with Crippen LogP contribution in [-0.2, 0) is 6.54 Å². The summed E-state index contributed by atoms with van der Waals surface area (Å²) in [5, 5.41) is 1.24. The highest BCUT2D eigenvalue weighted by Gasteiger charge is 2.07. The monoisotopic (exact) mass is 208 g/mol. The van der Waals surface area contributed by atoms with Crippen molar-refractivity contribution in [2.45, 2.75) is 18.5 Å². The van der Waals surface area contributed by atoms with E-state index < -0.39 is 0 Å². The van der Waals surface area contributed by atoms with Gasteiger partial charge in [-0.25, -0.2) is 0 Å². The Morgan fingerprint density at radius 2 is 2.21 bits per heavy atom. The van der Waals surface area contributed by atoms with Crippen LogP contribution in [-0.4, -0.2) is 24.4 Å². The van der Waals surface area contributed by atoms with Crippen LogP contribution in [0.2, 0.25) is 0 Å². The lowest BCUT2D eigenvalue weighted by Crippen LogP contribution is -2.14. The molecular formula is C11H16N2S. The van der Waals surface area contributed by atoms with Crippen LogP contribution in [0.3, 0.4) is 0 Å². The van der Waals surface area contributed by atoms with E-state index in [2.05, 4.69) is 48.5 Å². The smallest absolute Gasteiger partial charge is 0.108 e. The predicted octanol–water partition coefficient (Wildman–Crippen LogP) is 2.30. The highest BCUT2D eigenvalue weighted by molar-refractivity contribution is 7.99.